The summed E-state index contributed by atoms with van der Waals surface area (Å²) in [5, 5.41) is 0. The Balaban J connectivity index is 2.21. The van der Waals surface area contributed by atoms with Crippen LogP contribution in [0.3, 0.4) is 0 Å². The first-order valence-corrected chi connectivity index (χ1v) is 9.47. The Bertz CT molecular complexity index is 1060. The minimum Gasteiger partial charge on any atom is -0.493 e. The summed E-state index contributed by atoms with van der Waals surface area (Å²) in [6.45, 7) is 5.68. The molecule has 30 heavy (non-hydrogen) atoms. The largest absolute Gasteiger partial charge is 0.493 e. The summed E-state index contributed by atoms with van der Waals surface area (Å²) in [4.78, 5) is 27.6. The number of amides is 1. The maximum Gasteiger partial charge on any atom is 0.340 e. The van der Waals surface area contributed by atoms with E-state index in [1.165, 1.54) is 14.2 Å². The fraction of sp³-hybridized carbons (Fsp3) is 0.250. The van der Waals surface area contributed by atoms with E-state index in [-0.39, 0.29) is 17.1 Å². The summed E-state index contributed by atoms with van der Waals surface area (Å²) in [7, 11) is 4.37. The Morgan fingerprint density at radius 3 is 2.20 bits per heavy atom. The summed E-state index contributed by atoms with van der Waals surface area (Å²) in [5.41, 5.74) is 4.37. The SMILES string of the molecule is COC(=O)C1=C(C)N(c2cc(C)cc(C)c2)C(=O)/C1=C\c1cccc(OC)c1OC. The number of anilines is 1. The second kappa shape index (κ2) is 8.45. The van der Waals surface area contributed by atoms with Gasteiger partial charge in [-0.05, 0) is 56.2 Å². The summed E-state index contributed by atoms with van der Waals surface area (Å²) in [6.07, 6.45) is 1.64. The number of ether oxygens (including phenoxy) is 3. The van der Waals surface area contributed by atoms with E-state index in [0.29, 0.717) is 28.4 Å². The van der Waals surface area contributed by atoms with Crippen molar-refractivity contribution in [2.75, 3.05) is 26.2 Å². The molecule has 0 radical (unpaired) electrons. The molecule has 0 unspecified atom stereocenters. The number of carbonyl (C=O) groups excluding carboxylic acids is 2. The van der Waals surface area contributed by atoms with E-state index in [2.05, 4.69) is 0 Å². The maximum absolute atomic E-state index is 13.5. The van der Waals surface area contributed by atoms with Gasteiger partial charge in [-0.15, -0.1) is 0 Å². The minimum absolute atomic E-state index is 0.228. The van der Waals surface area contributed by atoms with Crippen LogP contribution in [0.1, 0.15) is 23.6 Å². The van der Waals surface area contributed by atoms with Crippen LogP contribution in [0, 0.1) is 13.8 Å². The van der Waals surface area contributed by atoms with E-state index in [9.17, 15) is 9.59 Å². The summed E-state index contributed by atoms with van der Waals surface area (Å²) < 4.78 is 15.8. The van der Waals surface area contributed by atoms with Crippen LogP contribution in [0.2, 0.25) is 0 Å². The third-order valence-corrected chi connectivity index (χ3v) is 4.99. The number of esters is 1. The number of rotatable bonds is 5. The third kappa shape index (κ3) is 3.68. The molecule has 1 aliphatic heterocycles. The molecule has 0 spiro atoms. The fourth-order valence-corrected chi connectivity index (χ4v) is 3.75. The third-order valence-electron chi connectivity index (χ3n) is 4.99. The number of para-hydroxylation sites is 1. The van der Waals surface area contributed by atoms with Crippen LogP contribution in [-0.4, -0.2) is 33.2 Å². The molecule has 0 aliphatic carbocycles. The summed E-state index contributed by atoms with van der Waals surface area (Å²) in [5.74, 6) is 0.138. The van der Waals surface area contributed by atoms with Gasteiger partial charge < -0.3 is 14.2 Å². The van der Waals surface area contributed by atoms with Crippen molar-refractivity contribution in [3.8, 4) is 11.5 Å². The number of benzene rings is 2. The first-order valence-electron chi connectivity index (χ1n) is 9.47. The molecular formula is C24H25NO5. The van der Waals surface area contributed by atoms with E-state index in [4.69, 9.17) is 14.2 Å². The Labute approximate surface area is 176 Å². The molecule has 1 heterocycles. The average molecular weight is 407 g/mol. The van der Waals surface area contributed by atoms with Crippen LogP contribution in [0.4, 0.5) is 5.69 Å². The zero-order chi connectivity index (χ0) is 22.0. The van der Waals surface area contributed by atoms with Gasteiger partial charge in [-0.2, -0.15) is 0 Å². The molecule has 0 N–H and O–H groups in total. The van der Waals surface area contributed by atoms with E-state index in [0.717, 1.165) is 11.1 Å². The smallest absolute Gasteiger partial charge is 0.340 e. The molecule has 0 saturated carbocycles. The Morgan fingerprint density at radius 1 is 0.967 bits per heavy atom. The average Bonchev–Trinajstić information content (AvgIpc) is 2.96. The van der Waals surface area contributed by atoms with Gasteiger partial charge in [0.1, 0.15) is 0 Å². The van der Waals surface area contributed by atoms with Gasteiger partial charge in [-0.3, -0.25) is 9.69 Å². The molecule has 6 nitrogen and oxygen atoms in total. The number of allylic oxidation sites excluding steroid dienone is 1. The van der Waals surface area contributed by atoms with Crippen molar-refractivity contribution < 1.29 is 23.8 Å². The molecule has 1 aliphatic rings. The fourth-order valence-electron chi connectivity index (χ4n) is 3.75. The van der Waals surface area contributed by atoms with Crippen LogP contribution in [-0.2, 0) is 14.3 Å². The van der Waals surface area contributed by atoms with E-state index >= 15 is 0 Å². The lowest BCUT2D eigenvalue weighted by Crippen LogP contribution is -2.24. The highest BCUT2D eigenvalue weighted by Crippen LogP contribution is 2.38. The van der Waals surface area contributed by atoms with Crippen LogP contribution in [0.25, 0.3) is 6.08 Å². The standard InChI is InChI=1S/C24H25NO5/c1-14-10-15(2)12-18(11-14)25-16(3)21(24(27)30-6)19(23(25)26)13-17-8-7-9-20(28-4)22(17)29-5/h7-13H,1-6H3/b19-13-. The van der Waals surface area contributed by atoms with Crippen LogP contribution in [0.5, 0.6) is 11.5 Å². The van der Waals surface area contributed by atoms with E-state index in [1.807, 2.05) is 32.0 Å². The van der Waals surface area contributed by atoms with Gasteiger partial charge in [-0.25, -0.2) is 4.79 Å². The van der Waals surface area contributed by atoms with Crippen LogP contribution >= 0.6 is 0 Å². The van der Waals surface area contributed by atoms with Crippen molar-refractivity contribution in [1.29, 1.82) is 0 Å². The highest BCUT2D eigenvalue weighted by molar-refractivity contribution is 6.24. The lowest BCUT2D eigenvalue weighted by molar-refractivity contribution is -0.136. The van der Waals surface area contributed by atoms with Gasteiger partial charge in [0.25, 0.3) is 5.91 Å². The number of carbonyl (C=O) groups is 2. The van der Waals surface area contributed by atoms with Crippen LogP contribution in [0.15, 0.2) is 53.2 Å². The molecule has 0 saturated heterocycles. The van der Waals surface area contributed by atoms with E-state index < -0.39 is 5.97 Å². The van der Waals surface area contributed by atoms with Gasteiger partial charge in [0.2, 0.25) is 0 Å². The molecule has 3 rings (SSSR count). The number of hydrogen-bond acceptors (Lipinski definition) is 5. The van der Waals surface area contributed by atoms with Crippen molar-refractivity contribution in [1.82, 2.24) is 0 Å². The Kier molecular flexibility index (Phi) is 5.96. The Hall–Kier alpha value is -3.54. The number of aryl methyl sites for hydroxylation is 2. The molecule has 0 bridgehead atoms. The van der Waals surface area contributed by atoms with Gasteiger partial charge in [0.05, 0.1) is 32.5 Å². The molecule has 6 heteroatoms. The number of hydrogen-bond donors (Lipinski definition) is 0. The predicted octanol–water partition coefficient (Wildman–Crippen LogP) is 4.20. The van der Waals surface area contributed by atoms with E-state index in [1.54, 1.807) is 43.2 Å². The topological polar surface area (TPSA) is 65.1 Å². The van der Waals surface area contributed by atoms with Crippen molar-refractivity contribution in [2.24, 2.45) is 0 Å². The zero-order valence-electron chi connectivity index (χ0n) is 18.0. The van der Waals surface area contributed by atoms with Gasteiger partial charge in [0.15, 0.2) is 11.5 Å². The second-order valence-electron chi connectivity index (χ2n) is 7.08. The first-order chi connectivity index (χ1) is 14.3. The summed E-state index contributed by atoms with van der Waals surface area (Å²) >= 11 is 0. The first kappa shape index (κ1) is 21.2. The molecule has 2 aromatic rings. The predicted molar refractivity (Wildman–Crippen MR) is 116 cm³/mol. The second-order valence-corrected chi connectivity index (χ2v) is 7.08. The minimum atomic E-state index is -0.569. The molecule has 2 aromatic carbocycles. The molecule has 0 atom stereocenters. The molecule has 1 amide bonds. The summed E-state index contributed by atoms with van der Waals surface area (Å²) in [6, 6.07) is 11.2. The highest BCUT2D eigenvalue weighted by atomic mass is 16.5. The molecule has 0 fully saturated rings. The maximum atomic E-state index is 13.5. The van der Waals surface area contributed by atoms with Crippen LogP contribution < -0.4 is 14.4 Å². The monoisotopic (exact) mass is 407 g/mol. The lowest BCUT2D eigenvalue weighted by Gasteiger charge is -2.19. The zero-order valence-corrected chi connectivity index (χ0v) is 18.0. The van der Waals surface area contributed by atoms with Crippen molar-refractivity contribution in [3.05, 3.63) is 69.9 Å². The molecule has 156 valence electrons. The quantitative estimate of drug-likeness (QED) is 0.549. The molecule has 0 aromatic heterocycles. The normalized spacial score (nSPS) is 15.1. The Morgan fingerprint density at radius 2 is 1.63 bits per heavy atom. The molecular weight excluding hydrogens is 382 g/mol. The lowest BCUT2D eigenvalue weighted by atomic mass is 10.0. The van der Waals surface area contributed by atoms with Gasteiger partial charge in [-0.1, -0.05) is 18.2 Å². The van der Waals surface area contributed by atoms with Crippen molar-refractivity contribution >= 4 is 23.6 Å². The number of methoxy groups -OCH3 is 3. The van der Waals surface area contributed by atoms with Gasteiger partial charge >= 0.3 is 5.97 Å². The highest BCUT2D eigenvalue weighted by Gasteiger charge is 2.38. The number of nitrogens with zero attached hydrogens (tertiary/aromatic N) is 1. The van der Waals surface area contributed by atoms with Crippen molar-refractivity contribution in [2.45, 2.75) is 20.8 Å². The van der Waals surface area contributed by atoms with Gasteiger partial charge in [0, 0.05) is 16.9 Å². The van der Waals surface area contributed by atoms with Crippen molar-refractivity contribution in [3.63, 3.8) is 0 Å².